The lowest BCUT2D eigenvalue weighted by Gasteiger charge is -2.31. The molecule has 0 spiro atoms. The van der Waals surface area contributed by atoms with Crippen molar-refractivity contribution in [3.63, 3.8) is 0 Å². The molecule has 21 heavy (non-hydrogen) atoms. The summed E-state index contributed by atoms with van der Waals surface area (Å²) >= 11 is 0. The van der Waals surface area contributed by atoms with Crippen LogP contribution in [-0.4, -0.2) is 33.7 Å². The van der Waals surface area contributed by atoms with Crippen LogP contribution >= 0.6 is 0 Å². The Kier molecular flexibility index (Phi) is 4.21. The summed E-state index contributed by atoms with van der Waals surface area (Å²) in [5.74, 6) is -0.987. The number of nitrogens with zero attached hydrogens (tertiary/aromatic N) is 1. The van der Waals surface area contributed by atoms with E-state index >= 15 is 0 Å². The normalized spacial score (nSPS) is 22.1. The van der Waals surface area contributed by atoms with Gasteiger partial charge in [0.15, 0.2) is 0 Å². The first-order valence-electron chi connectivity index (χ1n) is 7.08. The molecule has 5 nitrogen and oxygen atoms in total. The molecule has 1 aromatic carbocycles. The number of amides is 1. The SMILES string of the molecule is CC(C)(C)OC(=O)N1C(C(=O)O)CCC1c1ccccc1. The first-order valence-corrected chi connectivity index (χ1v) is 7.08. The van der Waals surface area contributed by atoms with Crippen LogP contribution in [0.15, 0.2) is 30.3 Å². The molecule has 1 amide bonds. The summed E-state index contributed by atoms with van der Waals surface area (Å²) in [7, 11) is 0. The molecule has 1 saturated heterocycles. The van der Waals surface area contributed by atoms with Crippen LogP contribution < -0.4 is 0 Å². The molecule has 0 bridgehead atoms. The van der Waals surface area contributed by atoms with Crippen molar-refractivity contribution in [2.75, 3.05) is 0 Å². The van der Waals surface area contributed by atoms with Gasteiger partial charge in [-0.15, -0.1) is 0 Å². The largest absolute Gasteiger partial charge is 0.480 e. The van der Waals surface area contributed by atoms with E-state index < -0.39 is 23.7 Å². The number of rotatable bonds is 2. The van der Waals surface area contributed by atoms with Gasteiger partial charge in [0.05, 0.1) is 6.04 Å². The zero-order valence-corrected chi connectivity index (χ0v) is 12.6. The number of carboxylic acids is 1. The molecule has 1 fully saturated rings. The summed E-state index contributed by atoms with van der Waals surface area (Å²) in [5.41, 5.74) is 0.288. The predicted molar refractivity (Wildman–Crippen MR) is 77.9 cm³/mol. The quantitative estimate of drug-likeness (QED) is 0.908. The van der Waals surface area contributed by atoms with Gasteiger partial charge in [-0.3, -0.25) is 4.90 Å². The fourth-order valence-corrected chi connectivity index (χ4v) is 2.63. The van der Waals surface area contributed by atoms with Crippen molar-refractivity contribution in [1.29, 1.82) is 0 Å². The Balaban J connectivity index is 2.29. The third-order valence-corrected chi connectivity index (χ3v) is 3.46. The Morgan fingerprint density at radius 2 is 1.81 bits per heavy atom. The molecule has 0 saturated carbocycles. The fourth-order valence-electron chi connectivity index (χ4n) is 2.63. The van der Waals surface area contributed by atoms with E-state index in [1.165, 1.54) is 4.90 Å². The van der Waals surface area contributed by atoms with Gasteiger partial charge in [0, 0.05) is 0 Å². The second-order valence-electron chi connectivity index (χ2n) is 6.25. The first-order chi connectivity index (χ1) is 9.79. The minimum atomic E-state index is -0.987. The minimum absolute atomic E-state index is 0.248. The third-order valence-electron chi connectivity index (χ3n) is 3.46. The van der Waals surface area contributed by atoms with E-state index in [4.69, 9.17) is 4.74 Å². The van der Waals surface area contributed by atoms with Crippen LogP contribution in [0.2, 0.25) is 0 Å². The average molecular weight is 291 g/mol. The Bertz CT molecular complexity index is 521. The maximum atomic E-state index is 12.4. The van der Waals surface area contributed by atoms with Crippen molar-refractivity contribution in [2.24, 2.45) is 0 Å². The first kappa shape index (κ1) is 15.4. The highest BCUT2D eigenvalue weighted by Crippen LogP contribution is 2.37. The Morgan fingerprint density at radius 1 is 1.19 bits per heavy atom. The monoisotopic (exact) mass is 291 g/mol. The molecule has 5 heteroatoms. The summed E-state index contributed by atoms with van der Waals surface area (Å²) in [6.45, 7) is 5.32. The van der Waals surface area contributed by atoms with E-state index in [2.05, 4.69) is 0 Å². The number of benzene rings is 1. The van der Waals surface area contributed by atoms with Crippen molar-refractivity contribution >= 4 is 12.1 Å². The molecule has 1 aliphatic rings. The lowest BCUT2D eigenvalue weighted by molar-refractivity contribution is -0.142. The number of carbonyl (C=O) groups excluding carboxylic acids is 1. The van der Waals surface area contributed by atoms with Crippen LogP contribution in [-0.2, 0) is 9.53 Å². The minimum Gasteiger partial charge on any atom is -0.480 e. The standard InChI is InChI=1S/C16H21NO4/c1-16(2,3)21-15(20)17-12(9-10-13(17)14(18)19)11-7-5-4-6-8-11/h4-8,12-13H,9-10H2,1-3H3,(H,18,19). The molecule has 0 aliphatic carbocycles. The zero-order valence-electron chi connectivity index (χ0n) is 12.6. The second-order valence-corrected chi connectivity index (χ2v) is 6.25. The number of carbonyl (C=O) groups is 2. The van der Waals surface area contributed by atoms with Gasteiger partial charge in [-0.2, -0.15) is 0 Å². The topological polar surface area (TPSA) is 66.8 Å². The van der Waals surface area contributed by atoms with E-state index in [-0.39, 0.29) is 6.04 Å². The highest BCUT2D eigenvalue weighted by Gasteiger charge is 2.43. The van der Waals surface area contributed by atoms with Gasteiger partial charge in [-0.05, 0) is 39.2 Å². The molecule has 0 aromatic heterocycles. The van der Waals surface area contributed by atoms with E-state index in [1.807, 2.05) is 30.3 Å². The van der Waals surface area contributed by atoms with Gasteiger partial charge in [0.1, 0.15) is 11.6 Å². The summed E-state index contributed by atoms with van der Waals surface area (Å²) < 4.78 is 5.38. The smallest absolute Gasteiger partial charge is 0.411 e. The zero-order chi connectivity index (χ0) is 15.6. The molecule has 2 atom stereocenters. The van der Waals surface area contributed by atoms with Crippen LogP contribution in [0.25, 0.3) is 0 Å². The average Bonchev–Trinajstić information content (AvgIpc) is 2.82. The summed E-state index contributed by atoms with van der Waals surface area (Å²) in [4.78, 5) is 25.2. The van der Waals surface area contributed by atoms with E-state index in [9.17, 15) is 14.7 Å². The van der Waals surface area contributed by atoms with Gasteiger partial charge >= 0.3 is 12.1 Å². The molecule has 0 radical (unpaired) electrons. The van der Waals surface area contributed by atoms with Gasteiger partial charge in [-0.1, -0.05) is 30.3 Å². The maximum Gasteiger partial charge on any atom is 0.411 e. The number of aliphatic carboxylic acids is 1. The van der Waals surface area contributed by atoms with Gasteiger partial charge in [-0.25, -0.2) is 9.59 Å². The molecule has 2 unspecified atom stereocenters. The van der Waals surface area contributed by atoms with Gasteiger partial charge in [0.2, 0.25) is 0 Å². The predicted octanol–water partition coefficient (Wildman–Crippen LogP) is 3.21. The number of likely N-dealkylation sites (tertiary alicyclic amines) is 1. The van der Waals surface area contributed by atoms with E-state index in [0.29, 0.717) is 12.8 Å². The van der Waals surface area contributed by atoms with E-state index in [0.717, 1.165) is 5.56 Å². The maximum absolute atomic E-state index is 12.4. The number of carboxylic acid groups (broad SMARTS) is 1. The Hall–Kier alpha value is -2.04. The summed E-state index contributed by atoms with van der Waals surface area (Å²) in [6.07, 6.45) is 0.496. The van der Waals surface area contributed by atoms with Crippen molar-refractivity contribution < 1.29 is 19.4 Å². The van der Waals surface area contributed by atoms with Gasteiger partial charge < -0.3 is 9.84 Å². The molecular weight excluding hydrogens is 270 g/mol. The summed E-state index contributed by atoms with van der Waals surface area (Å²) in [5, 5.41) is 9.35. The molecule has 1 heterocycles. The molecular formula is C16H21NO4. The molecule has 1 aromatic rings. The highest BCUT2D eigenvalue weighted by atomic mass is 16.6. The van der Waals surface area contributed by atoms with Crippen LogP contribution in [0.1, 0.15) is 45.2 Å². The Labute approximate surface area is 124 Å². The van der Waals surface area contributed by atoms with Crippen LogP contribution in [0, 0.1) is 0 Å². The fraction of sp³-hybridized carbons (Fsp3) is 0.500. The van der Waals surface area contributed by atoms with Crippen molar-refractivity contribution in [3.8, 4) is 0 Å². The van der Waals surface area contributed by atoms with Crippen LogP contribution in [0.5, 0.6) is 0 Å². The summed E-state index contributed by atoms with van der Waals surface area (Å²) in [6, 6.07) is 8.41. The molecule has 1 N–H and O–H groups in total. The Morgan fingerprint density at radius 3 is 2.33 bits per heavy atom. The number of hydrogen-bond donors (Lipinski definition) is 1. The van der Waals surface area contributed by atoms with Crippen LogP contribution in [0.3, 0.4) is 0 Å². The molecule has 1 aliphatic heterocycles. The molecule has 2 rings (SSSR count). The van der Waals surface area contributed by atoms with Gasteiger partial charge in [0.25, 0.3) is 0 Å². The number of hydrogen-bond acceptors (Lipinski definition) is 3. The van der Waals surface area contributed by atoms with Crippen molar-refractivity contribution in [1.82, 2.24) is 4.90 Å². The van der Waals surface area contributed by atoms with Crippen molar-refractivity contribution in [3.05, 3.63) is 35.9 Å². The lowest BCUT2D eigenvalue weighted by atomic mass is 10.1. The molecule has 114 valence electrons. The van der Waals surface area contributed by atoms with Crippen molar-refractivity contribution in [2.45, 2.75) is 51.3 Å². The lowest BCUT2D eigenvalue weighted by Crippen LogP contribution is -2.44. The van der Waals surface area contributed by atoms with E-state index in [1.54, 1.807) is 20.8 Å². The third kappa shape index (κ3) is 3.54. The number of ether oxygens (including phenoxy) is 1. The second kappa shape index (κ2) is 5.76. The van der Waals surface area contributed by atoms with Crippen LogP contribution in [0.4, 0.5) is 4.79 Å². The highest BCUT2D eigenvalue weighted by molar-refractivity contribution is 5.81.